The topological polar surface area (TPSA) is 73.3 Å². The van der Waals surface area contributed by atoms with Gasteiger partial charge in [-0.25, -0.2) is 4.39 Å². The average molecular weight is 506 g/mol. The number of amides is 2. The fourth-order valence-electron chi connectivity index (χ4n) is 5.27. The molecular formula is C32H28FN3O2. The molecule has 5 rings (SSSR count). The summed E-state index contributed by atoms with van der Waals surface area (Å²) in [6.45, 7) is 2.14. The van der Waals surface area contributed by atoms with Crippen molar-refractivity contribution in [3.05, 3.63) is 131 Å². The van der Waals surface area contributed by atoms with Crippen LogP contribution in [-0.2, 0) is 28.0 Å². The fraction of sp³-hybridized carbons (Fsp3) is 0.156. The van der Waals surface area contributed by atoms with Crippen molar-refractivity contribution in [2.75, 3.05) is 5.32 Å². The zero-order chi connectivity index (χ0) is 26.7. The Bertz CT molecular complexity index is 1490. The molecule has 38 heavy (non-hydrogen) atoms. The van der Waals surface area contributed by atoms with Gasteiger partial charge in [0.1, 0.15) is 5.82 Å². The normalized spacial score (nSPS) is 17.1. The van der Waals surface area contributed by atoms with E-state index in [0.29, 0.717) is 23.4 Å². The van der Waals surface area contributed by atoms with Gasteiger partial charge in [-0.2, -0.15) is 0 Å². The molecule has 1 unspecified atom stereocenters. The summed E-state index contributed by atoms with van der Waals surface area (Å²) < 4.78 is 13.4. The van der Waals surface area contributed by atoms with Gasteiger partial charge in [0.05, 0.1) is 12.0 Å². The van der Waals surface area contributed by atoms with Crippen LogP contribution in [0.4, 0.5) is 15.8 Å². The van der Waals surface area contributed by atoms with Gasteiger partial charge in [0, 0.05) is 29.6 Å². The number of carbonyl (C=O) groups excluding carboxylic acids is 2. The van der Waals surface area contributed by atoms with Gasteiger partial charge < -0.3 is 10.7 Å². The minimum absolute atomic E-state index is 0.0522. The summed E-state index contributed by atoms with van der Waals surface area (Å²) >= 11 is 0. The molecule has 0 aromatic heterocycles. The van der Waals surface area contributed by atoms with Crippen LogP contribution in [0, 0.1) is 18.2 Å². The Morgan fingerprint density at radius 1 is 0.921 bits per heavy atom. The highest BCUT2D eigenvalue weighted by Gasteiger charge is 2.53. The molecular weight excluding hydrogens is 477 g/mol. The van der Waals surface area contributed by atoms with Gasteiger partial charge in [-0.3, -0.25) is 14.5 Å². The predicted octanol–water partition coefficient (Wildman–Crippen LogP) is 6.31. The SMILES string of the molecule is Cc1cc(Nc2ccc(F)cc2)c(C=N)cc1C1(Cc2ccccc2)CC(=O)N(Cc2ccccc2)C1=O. The highest BCUT2D eigenvalue weighted by molar-refractivity contribution is 6.09. The molecule has 4 aromatic rings. The van der Waals surface area contributed by atoms with Crippen molar-refractivity contribution in [3.8, 4) is 0 Å². The van der Waals surface area contributed by atoms with Gasteiger partial charge >= 0.3 is 0 Å². The third kappa shape index (κ3) is 4.85. The van der Waals surface area contributed by atoms with Crippen LogP contribution in [0.25, 0.3) is 0 Å². The summed E-state index contributed by atoms with van der Waals surface area (Å²) in [5.41, 5.74) is 4.24. The summed E-state index contributed by atoms with van der Waals surface area (Å²) in [6, 6.07) is 29.0. The molecule has 0 bridgehead atoms. The minimum atomic E-state index is -1.09. The second-order valence-electron chi connectivity index (χ2n) is 9.72. The highest BCUT2D eigenvalue weighted by Crippen LogP contribution is 2.43. The number of hydrogen-bond donors (Lipinski definition) is 2. The first kappa shape index (κ1) is 25.1. The maximum Gasteiger partial charge on any atom is 0.241 e. The van der Waals surface area contributed by atoms with E-state index in [1.165, 1.54) is 23.2 Å². The summed E-state index contributed by atoms with van der Waals surface area (Å²) in [7, 11) is 0. The van der Waals surface area contributed by atoms with Gasteiger partial charge in [0.15, 0.2) is 0 Å². The predicted molar refractivity (Wildman–Crippen MR) is 147 cm³/mol. The Labute approximate surface area is 221 Å². The van der Waals surface area contributed by atoms with E-state index >= 15 is 0 Å². The van der Waals surface area contributed by atoms with Crippen molar-refractivity contribution in [2.24, 2.45) is 0 Å². The van der Waals surface area contributed by atoms with E-state index in [-0.39, 0.29) is 30.6 Å². The lowest BCUT2D eigenvalue weighted by molar-refractivity contribution is -0.140. The third-order valence-corrected chi connectivity index (χ3v) is 7.13. The number of anilines is 2. The molecule has 4 aromatic carbocycles. The lowest BCUT2D eigenvalue weighted by Crippen LogP contribution is -2.40. The second kappa shape index (κ2) is 10.4. The van der Waals surface area contributed by atoms with Crippen LogP contribution in [0.3, 0.4) is 0 Å². The molecule has 1 atom stereocenters. The van der Waals surface area contributed by atoms with Crippen LogP contribution < -0.4 is 5.32 Å². The van der Waals surface area contributed by atoms with Gasteiger partial charge in [0.25, 0.3) is 0 Å². The molecule has 2 amide bonds. The third-order valence-electron chi connectivity index (χ3n) is 7.13. The maximum atomic E-state index is 14.2. The summed E-state index contributed by atoms with van der Waals surface area (Å²) in [5, 5.41) is 11.4. The van der Waals surface area contributed by atoms with E-state index in [9.17, 15) is 14.0 Å². The number of nitrogens with zero attached hydrogens (tertiary/aromatic N) is 1. The Morgan fingerprint density at radius 3 is 2.18 bits per heavy atom. The molecule has 6 heteroatoms. The van der Waals surface area contributed by atoms with Crippen molar-refractivity contribution in [1.29, 1.82) is 5.41 Å². The number of imide groups is 1. The van der Waals surface area contributed by atoms with Crippen molar-refractivity contribution in [3.63, 3.8) is 0 Å². The van der Waals surface area contributed by atoms with E-state index in [0.717, 1.165) is 22.3 Å². The van der Waals surface area contributed by atoms with Crippen LogP contribution in [0.5, 0.6) is 0 Å². The summed E-state index contributed by atoms with van der Waals surface area (Å²) in [4.78, 5) is 29.0. The number of benzene rings is 4. The Balaban J connectivity index is 1.58. The van der Waals surface area contributed by atoms with Gasteiger partial charge in [-0.1, -0.05) is 60.7 Å². The molecule has 0 spiro atoms. The van der Waals surface area contributed by atoms with Crippen LogP contribution >= 0.6 is 0 Å². The number of nitrogens with one attached hydrogen (secondary N) is 2. The zero-order valence-electron chi connectivity index (χ0n) is 21.1. The van der Waals surface area contributed by atoms with Crippen molar-refractivity contribution in [1.82, 2.24) is 4.90 Å². The van der Waals surface area contributed by atoms with E-state index in [2.05, 4.69) is 5.32 Å². The smallest absolute Gasteiger partial charge is 0.241 e. The van der Waals surface area contributed by atoms with Gasteiger partial charge in [-0.05, 0) is 72.0 Å². The quantitative estimate of drug-likeness (QED) is 0.218. The molecule has 0 radical (unpaired) electrons. The van der Waals surface area contributed by atoms with Crippen LogP contribution in [-0.4, -0.2) is 22.9 Å². The summed E-state index contributed by atoms with van der Waals surface area (Å²) in [6.07, 6.45) is 1.65. The van der Waals surface area contributed by atoms with Crippen molar-refractivity contribution in [2.45, 2.75) is 31.7 Å². The maximum absolute atomic E-state index is 14.2. The summed E-state index contributed by atoms with van der Waals surface area (Å²) in [5.74, 6) is -0.769. The number of halogens is 1. The Hall–Kier alpha value is -4.58. The first-order valence-corrected chi connectivity index (χ1v) is 12.5. The van der Waals surface area contributed by atoms with Crippen LogP contribution in [0.2, 0.25) is 0 Å². The molecule has 0 aliphatic carbocycles. The molecule has 1 aliphatic rings. The number of aryl methyl sites for hydroxylation is 1. The van der Waals surface area contributed by atoms with E-state index in [1.54, 1.807) is 12.1 Å². The molecule has 2 N–H and O–H groups in total. The second-order valence-corrected chi connectivity index (χ2v) is 9.72. The van der Waals surface area contributed by atoms with Crippen LogP contribution in [0.1, 0.15) is 34.2 Å². The lowest BCUT2D eigenvalue weighted by Gasteiger charge is -2.30. The monoisotopic (exact) mass is 505 g/mol. The Morgan fingerprint density at radius 2 is 1.55 bits per heavy atom. The fourth-order valence-corrected chi connectivity index (χ4v) is 5.27. The molecule has 190 valence electrons. The van der Waals surface area contributed by atoms with Gasteiger partial charge in [0.2, 0.25) is 11.8 Å². The van der Waals surface area contributed by atoms with E-state index in [4.69, 9.17) is 5.41 Å². The molecule has 1 fully saturated rings. The van der Waals surface area contributed by atoms with E-state index < -0.39 is 5.41 Å². The number of carbonyl (C=O) groups is 2. The largest absolute Gasteiger partial charge is 0.355 e. The molecule has 1 heterocycles. The molecule has 5 nitrogen and oxygen atoms in total. The first-order chi connectivity index (χ1) is 18.4. The standard InChI is InChI=1S/C32H28FN3O2/c1-22-16-29(35-27-14-12-26(33)13-15-27)25(20-34)17-28(22)32(18-23-8-4-2-5-9-23)19-30(37)36(31(32)38)21-24-10-6-3-7-11-24/h2-17,20,34-35H,18-19,21H2,1H3. The molecule has 1 aliphatic heterocycles. The number of hydrogen-bond acceptors (Lipinski definition) is 4. The van der Waals surface area contributed by atoms with E-state index in [1.807, 2.05) is 79.7 Å². The van der Waals surface area contributed by atoms with Crippen molar-refractivity contribution >= 4 is 29.4 Å². The van der Waals surface area contributed by atoms with Crippen molar-refractivity contribution < 1.29 is 14.0 Å². The molecule has 0 saturated carbocycles. The minimum Gasteiger partial charge on any atom is -0.355 e. The average Bonchev–Trinajstić information content (AvgIpc) is 3.16. The van der Waals surface area contributed by atoms with Gasteiger partial charge in [-0.15, -0.1) is 0 Å². The zero-order valence-corrected chi connectivity index (χ0v) is 21.1. The highest BCUT2D eigenvalue weighted by atomic mass is 19.1. The first-order valence-electron chi connectivity index (χ1n) is 12.5. The Kier molecular flexibility index (Phi) is 6.88. The van der Waals surface area contributed by atoms with Crippen LogP contribution in [0.15, 0.2) is 97.1 Å². The molecule has 1 saturated heterocycles. The lowest BCUT2D eigenvalue weighted by atomic mass is 9.72. The number of rotatable bonds is 8. The number of likely N-dealkylation sites (tertiary alicyclic amines) is 1.